The molecule has 0 saturated carbocycles. The molecule has 2 aromatic rings. The Morgan fingerprint density at radius 2 is 2.00 bits per heavy atom. The third-order valence-electron chi connectivity index (χ3n) is 5.08. The van der Waals surface area contributed by atoms with Crippen LogP contribution in [0, 0.1) is 5.92 Å². The number of hydrogen-bond acceptors (Lipinski definition) is 4. The van der Waals surface area contributed by atoms with Crippen molar-refractivity contribution in [3.05, 3.63) is 52.3 Å². The maximum absolute atomic E-state index is 13.1. The van der Waals surface area contributed by atoms with Crippen LogP contribution in [0.2, 0.25) is 0 Å². The van der Waals surface area contributed by atoms with E-state index < -0.39 is 30.6 Å². The maximum Gasteiger partial charge on any atom is 0.324 e. The normalized spacial score (nSPS) is 17.2. The largest absolute Gasteiger partial charge is 0.324 e. The van der Waals surface area contributed by atoms with E-state index in [0.29, 0.717) is 16.8 Å². The highest BCUT2D eigenvalue weighted by Gasteiger charge is 2.36. The molecule has 10 heteroatoms. The number of nitrogens with zero attached hydrogens (tertiary/aromatic N) is 3. The first-order valence-electron chi connectivity index (χ1n) is 9.62. The Bertz CT molecular complexity index is 994. The van der Waals surface area contributed by atoms with Gasteiger partial charge in [0.1, 0.15) is 12.6 Å². The molecule has 1 aliphatic heterocycles. The first-order valence-corrected chi connectivity index (χ1v) is 9.62. The van der Waals surface area contributed by atoms with Gasteiger partial charge in [0.2, 0.25) is 5.91 Å². The summed E-state index contributed by atoms with van der Waals surface area (Å²) in [5.41, 5.74) is 0.700. The fourth-order valence-electron chi connectivity index (χ4n) is 3.36. The van der Waals surface area contributed by atoms with Crippen LogP contribution in [0.5, 0.6) is 0 Å². The molecular weight excluding hydrogens is 396 g/mol. The second-order valence-electron chi connectivity index (χ2n) is 7.16. The zero-order valence-corrected chi connectivity index (χ0v) is 16.6. The van der Waals surface area contributed by atoms with Crippen LogP contribution in [0.1, 0.15) is 25.8 Å². The molecule has 160 valence electrons. The molecule has 2 N–H and O–H groups in total. The summed E-state index contributed by atoms with van der Waals surface area (Å²) in [5, 5.41) is 9.19. The summed E-state index contributed by atoms with van der Waals surface area (Å²) in [7, 11) is 0. The molecule has 8 nitrogen and oxygen atoms in total. The van der Waals surface area contributed by atoms with Crippen molar-refractivity contribution in [2.24, 2.45) is 5.92 Å². The Balaban J connectivity index is 1.91. The summed E-state index contributed by atoms with van der Waals surface area (Å²) in [6, 6.07) is 8.14. The molecule has 0 fully saturated rings. The van der Waals surface area contributed by atoms with Gasteiger partial charge in [-0.2, -0.15) is 5.10 Å². The third-order valence-corrected chi connectivity index (χ3v) is 5.08. The SMILES string of the molecule is CC[C@H](C)[C@H]1C(=O)Nc2ccccc2CN1C(=O)Nc1ccc(=O)n(CC(F)F)n1. The molecule has 1 aliphatic rings. The fourth-order valence-corrected chi connectivity index (χ4v) is 3.36. The number of carbonyl (C=O) groups is 2. The summed E-state index contributed by atoms with van der Waals surface area (Å²) in [5.74, 6) is -0.494. The lowest BCUT2D eigenvalue weighted by molar-refractivity contribution is -0.121. The van der Waals surface area contributed by atoms with E-state index in [0.717, 1.165) is 11.6 Å². The standard InChI is InChI=1S/C20H23F2N5O3/c1-3-12(2)18-19(29)23-14-7-5-4-6-13(14)10-26(18)20(30)24-16-8-9-17(28)27(25-16)11-15(21)22/h4-9,12,15,18H,3,10-11H2,1-2H3,(H,23,29)(H,24,25,30)/t12-,18-/m0/s1. The minimum Gasteiger partial charge on any atom is -0.324 e. The number of para-hydroxylation sites is 1. The molecule has 2 atom stereocenters. The lowest BCUT2D eigenvalue weighted by atomic mass is 9.97. The molecule has 0 bridgehead atoms. The predicted molar refractivity (Wildman–Crippen MR) is 107 cm³/mol. The number of fused-ring (bicyclic) bond motifs is 1. The van der Waals surface area contributed by atoms with Crippen LogP contribution in [-0.4, -0.2) is 39.1 Å². The monoisotopic (exact) mass is 419 g/mol. The van der Waals surface area contributed by atoms with Gasteiger partial charge in [-0.3, -0.25) is 14.9 Å². The van der Waals surface area contributed by atoms with Crippen molar-refractivity contribution in [2.45, 2.75) is 45.8 Å². The number of amides is 3. The van der Waals surface area contributed by atoms with E-state index in [1.165, 1.54) is 11.0 Å². The van der Waals surface area contributed by atoms with Crippen molar-refractivity contribution in [1.29, 1.82) is 0 Å². The lowest BCUT2D eigenvalue weighted by Gasteiger charge is -2.32. The van der Waals surface area contributed by atoms with Crippen molar-refractivity contribution in [1.82, 2.24) is 14.7 Å². The van der Waals surface area contributed by atoms with Crippen LogP contribution in [0.15, 0.2) is 41.2 Å². The summed E-state index contributed by atoms with van der Waals surface area (Å²) < 4.78 is 25.9. The number of rotatable bonds is 5. The third kappa shape index (κ3) is 4.64. The highest BCUT2D eigenvalue weighted by atomic mass is 19.3. The second-order valence-corrected chi connectivity index (χ2v) is 7.16. The molecule has 0 saturated heterocycles. The topological polar surface area (TPSA) is 96.3 Å². The average Bonchev–Trinajstić information content (AvgIpc) is 2.85. The number of halogens is 2. The Hall–Kier alpha value is -3.30. The van der Waals surface area contributed by atoms with Gasteiger partial charge in [-0.1, -0.05) is 38.5 Å². The van der Waals surface area contributed by atoms with E-state index in [1.807, 2.05) is 26.0 Å². The Morgan fingerprint density at radius 3 is 2.70 bits per heavy atom. The quantitative estimate of drug-likeness (QED) is 0.779. The van der Waals surface area contributed by atoms with Gasteiger partial charge < -0.3 is 10.2 Å². The van der Waals surface area contributed by atoms with Crippen LogP contribution >= 0.6 is 0 Å². The number of aromatic nitrogens is 2. The first kappa shape index (κ1) is 21.4. The van der Waals surface area contributed by atoms with Crippen molar-refractivity contribution in [2.75, 3.05) is 10.6 Å². The number of hydrogen-bond donors (Lipinski definition) is 2. The Morgan fingerprint density at radius 1 is 1.27 bits per heavy atom. The van der Waals surface area contributed by atoms with Crippen LogP contribution in [-0.2, 0) is 17.9 Å². The molecular formula is C20H23F2N5O3. The van der Waals surface area contributed by atoms with Gasteiger partial charge in [0, 0.05) is 11.8 Å². The second kappa shape index (κ2) is 9.02. The molecule has 0 aliphatic carbocycles. The van der Waals surface area contributed by atoms with E-state index in [-0.39, 0.29) is 24.2 Å². The summed E-state index contributed by atoms with van der Waals surface area (Å²) in [4.78, 5) is 39.1. The molecule has 30 heavy (non-hydrogen) atoms. The van der Waals surface area contributed by atoms with Crippen LogP contribution in [0.4, 0.5) is 25.1 Å². The predicted octanol–water partition coefficient (Wildman–Crippen LogP) is 2.91. The minimum atomic E-state index is -2.76. The summed E-state index contributed by atoms with van der Waals surface area (Å²) >= 11 is 0. The maximum atomic E-state index is 13.1. The minimum absolute atomic E-state index is 0.0545. The van der Waals surface area contributed by atoms with Crippen molar-refractivity contribution < 1.29 is 18.4 Å². The van der Waals surface area contributed by atoms with E-state index in [1.54, 1.807) is 12.1 Å². The Kier molecular flexibility index (Phi) is 6.43. The van der Waals surface area contributed by atoms with Crippen molar-refractivity contribution in [3.8, 4) is 0 Å². The van der Waals surface area contributed by atoms with Crippen LogP contribution in [0.25, 0.3) is 0 Å². The number of alkyl halides is 2. The molecule has 2 heterocycles. The van der Waals surface area contributed by atoms with Crippen LogP contribution < -0.4 is 16.2 Å². The molecule has 1 aromatic carbocycles. The van der Waals surface area contributed by atoms with Gasteiger partial charge >= 0.3 is 6.03 Å². The van der Waals surface area contributed by atoms with E-state index in [9.17, 15) is 23.2 Å². The summed E-state index contributed by atoms with van der Waals surface area (Å²) in [6.07, 6.45) is -2.10. The molecule has 0 unspecified atom stereocenters. The lowest BCUT2D eigenvalue weighted by Crippen LogP contribution is -2.50. The van der Waals surface area contributed by atoms with E-state index in [2.05, 4.69) is 15.7 Å². The fraction of sp³-hybridized carbons (Fsp3) is 0.400. The first-order chi connectivity index (χ1) is 14.3. The van der Waals surface area contributed by atoms with Crippen molar-refractivity contribution >= 4 is 23.4 Å². The molecule has 3 amide bonds. The van der Waals surface area contributed by atoms with Gasteiger partial charge in [-0.25, -0.2) is 18.3 Å². The van der Waals surface area contributed by atoms with Crippen molar-refractivity contribution in [3.63, 3.8) is 0 Å². The smallest absolute Gasteiger partial charge is 0.324 e. The Labute approximate surface area is 171 Å². The average molecular weight is 419 g/mol. The number of anilines is 2. The zero-order valence-electron chi connectivity index (χ0n) is 16.6. The van der Waals surface area contributed by atoms with Crippen LogP contribution in [0.3, 0.4) is 0 Å². The van der Waals surface area contributed by atoms with Gasteiger partial charge in [-0.15, -0.1) is 0 Å². The number of urea groups is 1. The zero-order chi connectivity index (χ0) is 21.8. The van der Waals surface area contributed by atoms with Gasteiger partial charge in [0.05, 0.1) is 6.54 Å². The number of nitrogens with one attached hydrogen (secondary N) is 2. The molecule has 1 aromatic heterocycles. The molecule has 0 spiro atoms. The number of benzene rings is 1. The van der Waals surface area contributed by atoms with Gasteiger partial charge in [0.15, 0.2) is 5.82 Å². The highest BCUT2D eigenvalue weighted by Crippen LogP contribution is 2.27. The van der Waals surface area contributed by atoms with E-state index >= 15 is 0 Å². The highest BCUT2D eigenvalue weighted by molar-refractivity contribution is 6.00. The van der Waals surface area contributed by atoms with Gasteiger partial charge in [0.25, 0.3) is 12.0 Å². The number of carbonyl (C=O) groups excluding carboxylic acids is 2. The van der Waals surface area contributed by atoms with E-state index in [4.69, 9.17) is 0 Å². The summed E-state index contributed by atoms with van der Waals surface area (Å²) in [6.45, 7) is 3.10. The van der Waals surface area contributed by atoms with Gasteiger partial charge in [-0.05, 0) is 23.6 Å². The molecule has 0 radical (unpaired) electrons. The molecule has 3 rings (SSSR count).